The molecular weight excluding hydrogens is 376 g/mol. The minimum absolute atomic E-state index is 0. The molecule has 1 N–H and O–H groups in total. The summed E-state index contributed by atoms with van der Waals surface area (Å²) in [6, 6.07) is 3.05. The van der Waals surface area contributed by atoms with Crippen molar-refractivity contribution in [3.8, 4) is 0 Å². The van der Waals surface area contributed by atoms with Crippen LogP contribution in [0.5, 0.6) is 0 Å². The number of piperazine rings is 1. The summed E-state index contributed by atoms with van der Waals surface area (Å²) in [4.78, 5) is 1.79. The molecule has 0 aliphatic carbocycles. The van der Waals surface area contributed by atoms with Gasteiger partial charge in [-0.05, 0) is 17.7 Å². The number of alkyl halides is 3. The van der Waals surface area contributed by atoms with Crippen LogP contribution in [0, 0.1) is 5.82 Å². The predicted octanol–water partition coefficient (Wildman–Crippen LogP) is 3.91. The molecule has 2 nitrogen and oxygen atoms in total. The van der Waals surface area contributed by atoms with E-state index in [2.05, 4.69) is 21.2 Å². The highest BCUT2D eigenvalue weighted by atomic mass is 79.9. The zero-order chi connectivity index (χ0) is 14.8. The van der Waals surface area contributed by atoms with Gasteiger partial charge >= 0.3 is 6.18 Å². The number of halogens is 6. The van der Waals surface area contributed by atoms with E-state index >= 15 is 0 Å². The molecule has 0 spiro atoms. The van der Waals surface area contributed by atoms with E-state index in [0.717, 1.165) is 0 Å². The molecule has 1 heterocycles. The van der Waals surface area contributed by atoms with Crippen molar-refractivity contribution in [2.24, 2.45) is 0 Å². The van der Waals surface area contributed by atoms with Crippen LogP contribution >= 0.6 is 28.3 Å². The highest BCUT2D eigenvalue weighted by Crippen LogP contribution is 2.37. The van der Waals surface area contributed by atoms with Crippen LogP contribution in [0.1, 0.15) is 18.0 Å². The van der Waals surface area contributed by atoms with Crippen LogP contribution in [-0.4, -0.2) is 37.3 Å². The van der Waals surface area contributed by atoms with Crippen molar-refractivity contribution in [2.45, 2.75) is 18.6 Å². The first kappa shape index (κ1) is 18.7. The van der Waals surface area contributed by atoms with Crippen LogP contribution in [0.4, 0.5) is 17.6 Å². The molecule has 21 heavy (non-hydrogen) atoms. The van der Waals surface area contributed by atoms with E-state index in [1.807, 2.05) is 0 Å². The van der Waals surface area contributed by atoms with E-state index in [-0.39, 0.29) is 12.4 Å². The molecule has 1 atom stereocenters. The molecule has 1 aromatic carbocycles. The minimum atomic E-state index is -4.26. The lowest BCUT2D eigenvalue weighted by Gasteiger charge is -2.36. The van der Waals surface area contributed by atoms with Gasteiger partial charge in [0.25, 0.3) is 0 Å². The number of nitrogens with one attached hydrogen (secondary N) is 1. The van der Waals surface area contributed by atoms with Crippen molar-refractivity contribution >= 4 is 28.3 Å². The van der Waals surface area contributed by atoms with Crippen molar-refractivity contribution in [3.05, 3.63) is 34.1 Å². The van der Waals surface area contributed by atoms with E-state index < -0.39 is 24.5 Å². The van der Waals surface area contributed by atoms with Gasteiger partial charge < -0.3 is 5.32 Å². The Morgan fingerprint density at radius 3 is 2.38 bits per heavy atom. The second kappa shape index (κ2) is 7.76. The summed E-state index contributed by atoms with van der Waals surface area (Å²) in [7, 11) is 0. The smallest absolute Gasteiger partial charge is 0.314 e. The average Bonchev–Trinajstić information content (AvgIpc) is 2.36. The van der Waals surface area contributed by atoms with Crippen molar-refractivity contribution < 1.29 is 17.6 Å². The minimum Gasteiger partial charge on any atom is -0.314 e. The highest BCUT2D eigenvalue weighted by molar-refractivity contribution is 9.10. The molecule has 1 aliphatic heterocycles. The van der Waals surface area contributed by atoms with Crippen LogP contribution in [0.3, 0.4) is 0 Å². The lowest BCUT2D eigenvalue weighted by Crippen LogP contribution is -2.46. The molecular formula is C13H16BrClF4N2. The summed E-state index contributed by atoms with van der Waals surface area (Å²) in [5, 5.41) is 3.11. The van der Waals surface area contributed by atoms with Gasteiger partial charge in [0, 0.05) is 36.7 Å². The highest BCUT2D eigenvalue weighted by Gasteiger charge is 2.36. The molecule has 0 amide bonds. The van der Waals surface area contributed by atoms with Crippen molar-refractivity contribution in [1.82, 2.24) is 10.2 Å². The summed E-state index contributed by atoms with van der Waals surface area (Å²) in [6.45, 7) is 2.41. The van der Waals surface area contributed by atoms with Crippen LogP contribution in [-0.2, 0) is 0 Å². The van der Waals surface area contributed by atoms with Crippen LogP contribution < -0.4 is 5.32 Å². The Hall–Kier alpha value is -0.370. The Kier molecular flexibility index (Phi) is 6.90. The molecule has 0 bridgehead atoms. The maximum absolute atomic E-state index is 13.1. The van der Waals surface area contributed by atoms with E-state index in [1.165, 1.54) is 18.2 Å². The fourth-order valence-corrected chi connectivity index (χ4v) is 3.04. The summed E-state index contributed by atoms with van der Waals surface area (Å²) in [6.07, 6.45) is -5.19. The van der Waals surface area contributed by atoms with E-state index in [4.69, 9.17) is 0 Å². The Morgan fingerprint density at radius 2 is 1.86 bits per heavy atom. The number of benzene rings is 1. The van der Waals surface area contributed by atoms with E-state index in [1.54, 1.807) is 4.90 Å². The first-order valence-corrected chi connectivity index (χ1v) is 7.12. The fraction of sp³-hybridized carbons (Fsp3) is 0.538. The first-order chi connectivity index (χ1) is 9.37. The summed E-state index contributed by atoms with van der Waals surface area (Å²) in [5.41, 5.74) is 0.477. The number of nitrogens with zero attached hydrogens (tertiary/aromatic N) is 1. The van der Waals surface area contributed by atoms with Crippen molar-refractivity contribution in [1.29, 1.82) is 0 Å². The molecule has 1 fully saturated rings. The SMILES string of the molecule is Cl.Fc1ccc([C@@H](CC(F)(F)F)N2CCNCC2)c(Br)c1. The molecule has 2 rings (SSSR count). The van der Waals surface area contributed by atoms with Gasteiger partial charge in [0.05, 0.1) is 6.42 Å². The summed E-state index contributed by atoms with van der Waals surface area (Å²) < 4.78 is 52.0. The average molecular weight is 392 g/mol. The molecule has 120 valence electrons. The third kappa shape index (κ3) is 5.39. The van der Waals surface area contributed by atoms with E-state index in [0.29, 0.717) is 36.2 Å². The maximum atomic E-state index is 13.1. The Bertz CT molecular complexity index is 464. The number of hydrogen-bond acceptors (Lipinski definition) is 2. The maximum Gasteiger partial charge on any atom is 0.390 e. The van der Waals surface area contributed by atoms with Gasteiger partial charge in [-0.25, -0.2) is 4.39 Å². The zero-order valence-corrected chi connectivity index (χ0v) is 13.5. The molecule has 1 saturated heterocycles. The third-order valence-electron chi connectivity index (χ3n) is 3.34. The van der Waals surface area contributed by atoms with Gasteiger partial charge in [0.15, 0.2) is 0 Å². The molecule has 0 aromatic heterocycles. The second-order valence-corrected chi connectivity index (χ2v) is 5.64. The number of hydrogen-bond donors (Lipinski definition) is 1. The third-order valence-corrected chi connectivity index (χ3v) is 4.03. The quantitative estimate of drug-likeness (QED) is 0.786. The van der Waals surface area contributed by atoms with Gasteiger partial charge in [0.2, 0.25) is 0 Å². The molecule has 0 saturated carbocycles. The molecule has 0 radical (unpaired) electrons. The van der Waals surface area contributed by atoms with Gasteiger partial charge in [-0.3, -0.25) is 4.90 Å². The lowest BCUT2D eigenvalue weighted by atomic mass is 10.0. The largest absolute Gasteiger partial charge is 0.390 e. The monoisotopic (exact) mass is 390 g/mol. The summed E-state index contributed by atoms with van der Waals surface area (Å²) >= 11 is 3.17. The van der Waals surface area contributed by atoms with Crippen LogP contribution in [0.15, 0.2) is 22.7 Å². The molecule has 1 aromatic rings. The Labute approximate surface area is 135 Å². The van der Waals surface area contributed by atoms with Gasteiger partial charge in [-0.2, -0.15) is 13.2 Å². The van der Waals surface area contributed by atoms with Gasteiger partial charge in [0.1, 0.15) is 5.82 Å². The lowest BCUT2D eigenvalue weighted by molar-refractivity contribution is -0.148. The molecule has 0 unspecified atom stereocenters. The standard InChI is InChI=1S/C13H15BrF4N2.ClH/c14-11-7-9(15)1-2-10(11)12(8-13(16,17)18)20-5-3-19-4-6-20;/h1-2,7,12,19H,3-6,8H2;1H/t12-;/m1./s1. The fourth-order valence-electron chi connectivity index (χ4n) is 2.42. The molecule has 8 heteroatoms. The zero-order valence-electron chi connectivity index (χ0n) is 11.1. The van der Waals surface area contributed by atoms with Crippen molar-refractivity contribution in [3.63, 3.8) is 0 Å². The topological polar surface area (TPSA) is 15.3 Å². The van der Waals surface area contributed by atoms with Crippen LogP contribution in [0.2, 0.25) is 0 Å². The van der Waals surface area contributed by atoms with Gasteiger partial charge in [-0.15, -0.1) is 12.4 Å². The normalized spacial score (nSPS) is 18.1. The van der Waals surface area contributed by atoms with Crippen LogP contribution in [0.25, 0.3) is 0 Å². The first-order valence-electron chi connectivity index (χ1n) is 6.33. The van der Waals surface area contributed by atoms with E-state index in [9.17, 15) is 17.6 Å². The summed E-state index contributed by atoms with van der Waals surface area (Å²) in [5.74, 6) is -0.466. The Balaban J connectivity index is 0.00000220. The predicted molar refractivity (Wildman–Crippen MR) is 79.2 cm³/mol. The number of rotatable bonds is 3. The van der Waals surface area contributed by atoms with Crippen molar-refractivity contribution in [2.75, 3.05) is 26.2 Å². The molecule has 1 aliphatic rings. The Morgan fingerprint density at radius 1 is 1.24 bits per heavy atom. The second-order valence-electron chi connectivity index (χ2n) is 4.79. The van der Waals surface area contributed by atoms with Gasteiger partial charge in [-0.1, -0.05) is 22.0 Å².